The number of hydrogen-bond donors (Lipinski definition) is 0. The predicted octanol–water partition coefficient (Wildman–Crippen LogP) is 5.09. The molecule has 0 spiro atoms. The maximum Gasteiger partial charge on any atom is 0.128 e. The second-order valence-corrected chi connectivity index (χ2v) is 9.60. The van der Waals surface area contributed by atoms with Gasteiger partial charge in [-0.1, -0.05) is 48.0 Å². The zero-order valence-corrected chi connectivity index (χ0v) is 20.2. The predicted molar refractivity (Wildman–Crippen MR) is 137 cm³/mol. The molecule has 5 rings (SSSR count). The Morgan fingerprint density at radius 1 is 0.941 bits per heavy atom. The summed E-state index contributed by atoms with van der Waals surface area (Å²) in [5.41, 5.74) is 1.30. The number of aromatic nitrogens is 1. The van der Waals surface area contributed by atoms with E-state index < -0.39 is 0 Å². The maximum atomic E-state index is 6.31. The lowest BCUT2D eigenvalue weighted by molar-refractivity contribution is -0.0946. The fourth-order valence-electron chi connectivity index (χ4n) is 5.07. The van der Waals surface area contributed by atoms with Crippen LogP contribution in [0.5, 0.6) is 5.75 Å². The molecular formula is C28H32ClN3O2. The lowest BCUT2D eigenvalue weighted by atomic mass is 9.96. The summed E-state index contributed by atoms with van der Waals surface area (Å²) in [7, 11) is 0. The Hall–Kier alpha value is -2.60. The molecule has 3 heterocycles. The van der Waals surface area contributed by atoms with Crippen molar-refractivity contribution in [2.24, 2.45) is 0 Å². The number of hydrogen-bond acceptors (Lipinski definition) is 5. The Labute approximate surface area is 207 Å². The second-order valence-electron chi connectivity index (χ2n) is 9.17. The van der Waals surface area contributed by atoms with Gasteiger partial charge in [-0.25, -0.2) is 4.98 Å². The number of pyridine rings is 1. The quantitative estimate of drug-likeness (QED) is 0.473. The third-order valence-electron chi connectivity index (χ3n) is 6.88. The molecule has 2 fully saturated rings. The van der Waals surface area contributed by atoms with Crippen LogP contribution in [-0.4, -0.2) is 60.9 Å². The highest BCUT2D eigenvalue weighted by Crippen LogP contribution is 2.27. The molecule has 0 amide bonds. The largest absolute Gasteiger partial charge is 0.491 e. The number of anilines is 1. The molecule has 1 aromatic heterocycles. The molecule has 2 atom stereocenters. The van der Waals surface area contributed by atoms with E-state index >= 15 is 0 Å². The highest BCUT2D eigenvalue weighted by Gasteiger charge is 2.35. The van der Waals surface area contributed by atoms with Crippen LogP contribution in [-0.2, 0) is 11.2 Å². The SMILES string of the molecule is Clc1ccc(C[C@H]2COC(COc3ccccc3)CN2C2CCN(c3ccccn3)CC2)cc1. The minimum atomic E-state index is 0.0653. The number of halogens is 1. The molecule has 0 aliphatic carbocycles. The lowest BCUT2D eigenvalue weighted by Gasteiger charge is -2.47. The summed E-state index contributed by atoms with van der Waals surface area (Å²) in [6.45, 7) is 4.22. The van der Waals surface area contributed by atoms with Crippen LogP contribution in [0.2, 0.25) is 5.02 Å². The third-order valence-corrected chi connectivity index (χ3v) is 7.13. The summed E-state index contributed by atoms with van der Waals surface area (Å²) in [5.74, 6) is 1.97. The molecule has 1 unspecified atom stereocenters. The van der Waals surface area contributed by atoms with Crippen molar-refractivity contribution >= 4 is 17.4 Å². The van der Waals surface area contributed by atoms with Gasteiger partial charge in [0.05, 0.1) is 6.61 Å². The Kier molecular flexibility index (Phi) is 7.64. The lowest BCUT2D eigenvalue weighted by Crippen LogP contribution is -2.58. The van der Waals surface area contributed by atoms with Crippen LogP contribution < -0.4 is 9.64 Å². The molecule has 2 saturated heterocycles. The molecule has 3 aromatic rings. The van der Waals surface area contributed by atoms with Crippen molar-refractivity contribution in [2.45, 2.75) is 37.5 Å². The summed E-state index contributed by atoms with van der Waals surface area (Å²) < 4.78 is 12.3. The Morgan fingerprint density at radius 2 is 1.71 bits per heavy atom. The maximum absolute atomic E-state index is 6.31. The van der Waals surface area contributed by atoms with E-state index in [9.17, 15) is 0 Å². The zero-order valence-electron chi connectivity index (χ0n) is 19.4. The first-order valence-electron chi connectivity index (χ1n) is 12.2. The van der Waals surface area contributed by atoms with Gasteiger partial charge in [-0.3, -0.25) is 4.90 Å². The van der Waals surface area contributed by atoms with Crippen LogP contribution in [0, 0.1) is 0 Å². The molecule has 0 radical (unpaired) electrons. The van der Waals surface area contributed by atoms with Crippen LogP contribution in [0.1, 0.15) is 18.4 Å². The summed E-state index contributed by atoms with van der Waals surface area (Å²) in [6, 6.07) is 25.2. The van der Waals surface area contributed by atoms with Crippen molar-refractivity contribution in [1.29, 1.82) is 0 Å². The van der Waals surface area contributed by atoms with E-state index in [-0.39, 0.29) is 6.10 Å². The van der Waals surface area contributed by atoms with Crippen LogP contribution in [0.3, 0.4) is 0 Å². The molecule has 178 valence electrons. The van der Waals surface area contributed by atoms with Gasteiger partial charge in [0.1, 0.15) is 24.3 Å². The Bertz CT molecular complexity index is 1010. The number of rotatable bonds is 7. The monoisotopic (exact) mass is 477 g/mol. The van der Waals surface area contributed by atoms with Gasteiger partial charge in [0.15, 0.2) is 0 Å². The zero-order chi connectivity index (χ0) is 23.2. The minimum absolute atomic E-state index is 0.0653. The van der Waals surface area contributed by atoms with Gasteiger partial charge in [0.25, 0.3) is 0 Å². The Balaban J connectivity index is 1.25. The molecule has 6 heteroatoms. The van der Waals surface area contributed by atoms with Crippen molar-refractivity contribution in [1.82, 2.24) is 9.88 Å². The first-order chi connectivity index (χ1) is 16.7. The molecule has 5 nitrogen and oxygen atoms in total. The van der Waals surface area contributed by atoms with Crippen LogP contribution in [0.25, 0.3) is 0 Å². The third kappa shape index (κ3) is 5.90. The fourth-order valence-corrected chi connectivity index (χ4v) is 5.20. The number of nitrogens with zero attached hydrogens (tertiary/aromatic N) is 3. The van der Waals surface area contributed by atoms with Gasteiger partial charge in [0.2, 0.25) is 0 Å². The van der Waals surface area contributed by atoms with Gasteiger partial charge >= 0.3 is 0 Å². The van der Waals surface area contributed by atoms with Crippen LogP contribution >= 0.6 is 11.6 Å². The number of para-hydroxylation sites is 1. The standard InChI is InChI=1S/C28H32ClN3O2/c29-23-11-9-22(10-12-23)18-25-20-33-27(21-34-26-6-2-1-3-7-26)19-32(25)24-13-16-31(17-14-24)28-8-4-5-15-30-28/h1-12,15,24-25,27H,13-14,16-21H2/t25-,27?/m0/s1. The molecule has 34 heavy (non-hydrogen) atoms. The molecule has 2 aliphatic rings. The van der Waals surface area contributed by atoms with E-state index in [1.54, 1.807) is 0 Å². The fraction of sp³-hybridized carbons (Fsp3) is 0.393. The van der Waals surface area contributed by atoms with Gasteiger partial charge in [-0.05, 0) is 61.2 Å². The van der Waals surface area contributed by atoms with Crippen molar-refractivity contribution in [3.05, 3.63) is 89.6 Å². The molecule has 2 aliphatic heterocycles. The van der Waals surface area contributed by atoms with Crippen molar-refractivity contribution < 1.29 is 9.47 Å². The number of piperidine rings is 1. The molecule has 0 N–H and O–H groups in total. The number of ether oxygens (including phenoxy) is 2. The van der Waals surface area contributed by atoms with Crippen molar-refractivity contribution in [3.63, 3.8) is 0 Å². The van der Waals surface area contributed by atoms with E-state index in [4.69, 9.17) is 21.1 Å². The van der Waals surface area contributed by atoms with Crippen LogP contribution in [0.15, 0.2) is 79.0 Å². The topological polar surface area (TPSA) is 37.8 Å². The van der Waals surface area contributed by atoms with Gasteiger partial charge < -0.3 is 14.4 Å². The summed E-state index contributed by atoms with van der Waals surface area (Å²) in [5, 5.41) is 0.778. The highest BCUT2D eigenvalue weighted by atomic mass is 35.5. The average molecular weight is 478 g/mol. The van der Waals surface area contributed by atoms with Gasteiger partial charge in [0, 0.05) is 42.9 Å². The molecular weight excluding hydrogens is 446 g/mol. The smallest absolute Gasteiger partial charge is 0.128 e. The van der Waals surface area contributed by atoms with Gasteiger partial charge in [-0.15, -0.1) is 0 Å². The first-order valence-corrected chi connectivity index (χ1v) is 12.6. The second kappa shape index (κ2) is 11.2. The highest BCUT2D eigenvalue weighted by molar-refractivity contribution is 6.30. The first kappa shape index (κ1) is 23.2. The van der Waals surface area contributed by atoms with E-state index in [0.29, 0.717) is 25.3 Å². The number of benzene rings is 2. The number of morpholine rings is 1. The van der Waals surface area contributed by atoms with Gasteiger partial charge in [-0.2, -0.15) is 0 Å². The Morgan fingerprint density at radius 3 is 2.44 bits per heavy atom. The van der Waals surface area contributed by atoms with E-state index in [2.05, 4.69) is 39.0 Å². The van der Waals surface area contributed by atoms with E-state index in [1.807, 2.05) is 54.7 Å². The summed E-state index contributed by atoms with van der Waals surface area (Å²) >= 11 is 6.11. The van der Waals surface area contributed by atoms with Crippen LogP contribution in [0.4, 0.5) is 5.82 Å². The van der Waals surface area contributed by atoms with Crippen molar-refractivity contribution in [3.8, 4) is 5.75 Å². The summed E-state index contributed by atoms with van der Waals surface area (Å²) in [4.78, 5) is 9.64. The molecule has 0 bridgehead atoms. The minimum Gasteiger partial charge on any atom is -0.491 e. The van der Waals surface area contributed by atoms with Crippen molar-refractivity contribution in [2.75, 3.05) is 37.7 Å². The normalized spacial score (nSPS) is 22.0. The summed E-state index contributed by atoms with van der Waals surface area (Å²) in [6.07, 6.45) is 5.16. The van der Waals surface area contributed by atoms with E-state index in [1.165, 1.54) is 5.56 Å². The van der Waals surface area contributed by atoms with E-state index in [0.717, 1.165) is 55.5 Å². The molecule has 2 aromatic carbocycles. The average Bonchev–Trinajstić information content (AvgIpc) is 2.90. The molecule has 0 saturated carbocycles.